The summed E-state index contributed by atoms with van der Waals surface area (Å²) in [6, 6.07) is 15.5. The number of nitrogens with zero attached hydrogens (tertiary/aromatic N) is 2. The number of hydrogen-bond acceptors (Lipinski definition) is 4. The molecule has 1 N–H and O–H groups in total. The van der Waals surface area contributed by atoms with Crippen LogP contribution in [0.25, 0.3) is 11.0 Å². The first-order valence-electron chi connectivity index (χ1n) is 9.63. The van der Waals surface area contributed by atoms with E-state index in [1.54, 1.807) is 7.11 Å². The van der Waals surface area contributed by atoms with E-state index in [0.717, 1.165) is 41.3 Å². The Morgan fingerprint density at radius 1 is 1.18 bits per heavy atom. The minimum absolute atomic E-state index is 0.0208. The van der Waals surface area contributed by atoms with Crippen molar-refractivity contribution in [2.75, 3.05) is 13.7 Å². The van der Waals surface area contributed by atoms with Gasteiger partial charge < -0.3 is 19.4 Å². The van der Waals surface area contributed by atoms with E-state index in [1.807, 2.05) is 56.3 Å². The minimum atomic E-state index is -0.154. The van der Waals surface area contributed by atoms with Gasteiger partial charge in [0.25, 0.3) is 0 Å². The van der Waals surface area contributed by atoms with Gasteiger partial charge in [0.1, 0.15) is 17.3 Å². The summed E-state index contributed by atoms with van der Waals surface area (Å²) in [5, 5.41) is 3.01. The summed E-state index contributed by atoms with van der Waals surface area (Å²) >= 11 is 0. The van der Waals surface area contributed by atoms with E-state index >= 15 is 0 Å². The number of benzene rings is 2. The Morgan fingerprint density at radius 2 is 1.96 bits per heavy atom. The smallest absolute Gasteiger partial charge is 0.220 e. The van der Waals surface area contributed by atoms with Gasteiger partial charge in [-0.1, -0.05) is 25.1 Å². The average molecular weight is 381 g/mol. The van der Waals surface area contributed by atoms with Crippen molar-refractivity contribution in [3.8, 4) is 11.5 Å². The van der Waals surface area contributed by atoms with E-state index in [4.69, 9.17) is 14.5 Å². The quantitative estimate of drug-likeness (QED) is 0.567. The van der Waals surface area contributed by atoms with Crippen LogP contribution in [0.15, 0.2) is 48.5 Å². The molecule has 6 nitrogen and oxygen atoms in total. The average Bonchev–Trinajstić information content (AvgIpc) is 3.10. The van der Waals surface area contributed by atoms with Crippen LogP contribution in [-0.4, -0.2) is 29.2 Å². The topological polar surface area (TPSA) is 65.4 Å². The number of carbonyl (C=O) groups excluding carboxylic acids is 1. The predicted molar refractivity (Wildman–Crippen MR) is 110 cm³/mol. The molecule has 1 heterocycles. The first-order valence-corrected chi connectivity index (χ1v) is 9.63. The zero-order valence-corrected chi connectivity index (χ0v) is 16.6. The number of nitrogens with one attached hydrogen (secondary N) is 1. The lowest BCUT2D eigenvalue weighted by atomic mass is 10.2. The number of rotatable bonds is 9. The number of methoxy groups -OCH3 is 1. The lowest BCUT2D eigenvalue weighted by Gasteiger charge is -2.16. The molecule has 0 saturated carbocycles. The third-order valence-corrected chi connectivity index (χ3v) is 4.61. The van der Waals surface area contributed by atoms with Crippen LogP contribution in [0.1, 0.15) is 38.6 Å². The van der Waals surface area contributed by atoms with Crippen LogP contribution < -0.4 is 14.8 Å². The van der Waals surface area contributed by atoms with Crippen LogP contribution in [0.3, 0.4) is 0 Å². The molecule has 1 atom stereocenters. The molecule has 1 amide bonds. The SMILES string of the molecule is CCC(=O)NC(C)c1nc2ccccc2n1CCCOc1cccc(OC)c1. The lowest BCUT2D eigenvalue weighted by Crippen LogP contribution is -2.28. The molecule has 1 aromatic heterocycles. The largest absolute Gasteiger partial charge is 0.497 e. The van der Waals surface area contributed by atoms with Crippen molar-refractivity contribution >= 4 is 16.9 Å². The molecular formula is C22H27N3O3. The number of para-hydroxylation sites is 2. The predicted octanol–water partition coefficient (Wildman–Crippen LogP) is 4.10. The van der Waals surface area contributed by atoms with Gasteiger partial charge in [-0.3, -0.25) is 4.79 Å². The molecule has 0 fully saturated rings. The molecular weight excluding hydrogens is 354 g/mol. The third kappa shape index (κ3) is 4.63. The lowest BCUT2D eigenvalue weighted by molar-refractivity contribution is -0.121. The molecule has 0 aliphatic rings. The summed E-state index contributed by atoms with van der Waals surface area (Å²) in [6.07, 6.45) is 1.28. The van der Waals surface area contributed by atoms with Crippen molar-refractivity contribution in [1.29, 1.82) is 0 Å². The maximum atomic E-state index is 11.8. The normalized spacial score (nSPS) is 12.0. The molecule has 0 bridgehead atoms. The summed E-state index contributed by atoms with van der Waals surface area (Å²) in [7, 11) is 1.64. The van der Waals surface area contributed by atoms with Crippen LogP contribution in [0, 0.1) is 0 Å². The first kappa shape index (κ1) is 19.7. The van der Waals surface area contributed by atoms with E-state index < -0.39 is 0 Å². The van der Waals surface area contributed by atoms with Crippen molar-refractivity contribution in [3.63, 3.8) is 0 Å². The minimum Gasteiger partial charge on any atom is -0.497 e. The van der Waals surface area contributed by atoms with Crippen LogP contribution >= 0.6 is 0 Å². The van der Waals surface area contributed by atoms with Gasteiger partial charge in [-0.2, -0.15) is 0 Å². The molecule has 0 spiro atoms. The summed E-state index contributed by atoms with van der Waals surface area (Å²) < 4.78 is 13.3. The molecule has 28 heavy (non-hydrogen) atoms. The Kier molecular flexibility index (Phi) is 6.53. The molecule has 148 valence electrons. The molecule has 0 aliphatic heterocycles. The second-order valence-corrected chi connectivity index (χ2v) is 6.63. The van der Waals surface area contributed by atoms with Gasteiger partial charge in [0.2, 0.25) is 5.91 Å². The number of amides is 1. The summed E-state index contributed by atoms with van der Waals surface area (Å²) in [5.74, 6) is 2.45. The van der Waals surface area contributed by atoms with Crippen LogP contribution in [0.5, 0.6) is 11.5 Å². The molecule has 3 aromatic rings. The van der Waals surface area contributed by atoms with Gasteiger partial charge in [-0.15, -0.1) is 0 Å². The van der Waals surface area contributed by atoms with Crippen molar-refractivity contribution in [1.82, 2.24) is 14.9 Å². The number of aryl methyl sites for hydroxylation is 1. The summed E-state index contributed by atoms with van der Waals surface area (Å²) in [5.41, 5.74) is 2.00. The van der Waals surface area contributed by atoms with Crippen LogP contribution in [-0.2, 0) is 11.3 Å². The van der Waals surface area contributed by atoms with E-state index in [0.29, 0.717) is 13.0 Å². The molecule has 3 rings (SSSR count). The highest BCUT2D eigenvalue weighted by Gasteiger charge is 2.17. The van der Waals surface area contributed by atoms with E-state index in [9.17, 15) is 4.79 Å². The molecule has 0 saturated heterocycles. The number of imidazole rings is 1. The molecule has 2 aromatic carbocycles. The first-order chi connectivity index (χ1) is 13.6. The zero-order chi connectivity index (χ0) is 19.9. The Hall–Kier alpha value is -3.02. The van der Waals surface area contributed by atoms with Gasteiger partial charge in [-0.25, -0.2) is 4.98 Å². The van der Waals surface area contributed by atoms with Gasteiger partial charge in [0, 0.05) is 19.0 Å². The number of hydrogen-bond donors (Lipinski definition) is 1. The fourth-order valence-corrected chi connectivity index (χ4v) is 3.17. The highest BCUT2D eigenvalue weighted by molar-refractivity contribution is 5.77. The number of aromatic nitrogens is 2. The highest BCUT2D eigenvalue weighted by Crippen LogP contribution is 2.22. The maximum Gasteiger partial charge on any atom is 0.220 e. The third-order valence-electron chi connectivity index (χ3n) is 4.61. The number of carbonyl (C=O) groups is 1. The molecule has 0 radical (unpaired) electrons. The van der Waals surface area contributed by atoms with Crippen molar-refractivity contribution in [2.24, 2.45) is 0 Å². The fourth-order valence-electron chi connectivity index (χ4n) is 3.17. The molecule has 1 unspecified atom stereocenters. The van der Waals surface area contributed by atoms with Crippen LogP contribution in [0.2, 0.25) is 0 Å². The fraction of sp³-hybridized carbons (Fsp3) is 0.364. The van der Waals surface area contributed by atoms with Crippen molar-refractivity contribution in [3.05, 3.63) is 54.4 Å². The highest BCUT2D eigenvalue weighted by atomic mass is 16.5. The Labute approximate surface area is 165 Å². The van der Waals surface area contributed by atoms with Crippen LogP contribution in [0.4, 0.5) is 0 Å². The second kappa shape index (κ2) is 9.26. The number of fused-ring (bicyclic) bond motifs is 1. The summed E-state index contributed by atoms with van der Waals surface area (Å²) in [4.78, 5) is 16.6. The monoisotopic (exact) mass is 381 g/mol. The van der Waals surface area contributed by atoms with E-state index in [-0.39, 0.29) is 11.9 Å². The second-order valence-electron chi connectivity index (χ2n) is 6.63. The number of ether oxygens (including phenoxy) is 2. The zero-order valence-electron chi connectivity index (χ0n) is 16.6. The molecule has 6 heteroatoms. The van der Waals surface area contributed by atoms with E-state index in [1.165, 1.54) is 0 Å². The van der Waals surface area contributed by atoms with Gasteiger partial charge >= 0.3 is 0 Å². The van der Waals surface area contributed by atoms with Gasteiger partial charge in [0.15, 0.2) is 0 Å². The summed E-state index contributed by atoms with van der Waals surface area (Å²) in [6.45, 7) is 5.15. The van der Waals surface area contributed by atoms with Crippen molar-refractivity contribution < 1.29 is 14.3 Å². The maximum absolute atomic E-state index is 11.8. The van der Waals surface area contributed by atoms with Gasteiger partial charge in [0.05, 0.1) is 30.8 Å². The Morgan fingerprint density at radius 3 is 2.75 bits per heavy atom. The standard InChI is InChI=1S/C22H27N3O3/c1-4-21(26)23-16(2)22-24-19-11-5-6-12-20(19)25(22)13-8-14-28-18-10-7-9-17(15-18)27-3/h5-7,9-12,15-16H,4,8,13-14H2,1-3H3,(H,23,26). The van der Waals surface area contributed by atoms with Crippen molar-refractivity contribution in [2.45, 2.75) is 39.3 Å². The van der Waals surface area contributed by atoms with Gasteiger partial charge in [-0.05, 0) is 37.6 Å². The Balaban J connectivity index is 1.70. The Bertz CT molecular complexity index is 936. The molecule has 0 aliphatic carbocycles. The van der Waals surface area contributed by atoms with E-state index in [2.05, 4.69) is 16.0 Å².